The van der Waals surface area contributed by atoms with E-state index in [-0.39, 0.29) is 0 Å². The van der Waals surface area contributed by atoms with Crippen molar-refractivity contribution < 1.29 is 16.3 Å². The molecule has 0 amide bonds. The molecule has 2 heterocycles. The van der Waals surface area contributed by atoms with E-state index in [0.29, 0.717) is 0 Å². The predicted octanol–water partition coefficient (Wildman–Crippen LogP) is 1.72. The van der Waals surface area contributed by atoms with Crippen LogP contribution in [0.4, 0.5) is 5.95 Å². The number of anilines is 1. The van der Waals surface area contributed by atoms with Crippen molar-refractivity contribution in [1.82, 2.24) is 9.97 Å². The third-order valence-electron chi connectivity index (χ3n) is 1.90. The van der Waals surface area contributed by atoms with Gasteiger partial charge in [-0.05, 0) is 12.8 Å². The van der Waals surface area contributed by atoms with Crippen molar-refractivity contribution in [2.75, 3.05) is 18.0 Å². The van der Waals surface area contributed by atoms with Crippen LogP contribution in [-0.2, 0) is 16.3 Å². The van der Waals surface area contributed by atoms with Crippen LogP contribution in [0.5, 0.6) is 0 Å². The Kier molecular flexibility index (Phi) is 5.48. The zero-order chi connectivity index (χ0) is 9.52. The molecule has 1 aliphatic rings. The van der Waals surface area contributed by atoms with E-state index in [2.05, 4.69) is 34.6 Å². The van der Waals surface area contributed by atoms with E-state index in [1.54, 1.807) is 12.4 Å². The van der Waals surface area contributed by atoms with E-state index in [1.165, 1.54) is 29.2 Å². The van der Waals surface area contributed by atoms with Crippen LogP contribution in [0.1, 0.15) is 12.8 Å². The van der Waals surface area contributed by atoms with Gasteiger partial charge in [-0.25, -0.2) is 0 Å². The Morgan fingerprint density at radius 3 is 2.31 bits per heavy atom. The molecule has 0 N–H and O–H groups in total. The van der Waals surface area contributed by atoms with Crippen LogP contribution in [0.2, 0.25) is 0 Å². The molecule has 66 valence electrons. The molecule has 0 aromatic carbocycles. The first kappa shape index (κ1) is 11.1. The zero-order valence-electron chi connectivity index (χ0n) is 7.41. The number of aromatic nitrogens is 2. The molecule has 3 nitrogen and oxygen atoms in total. The van der Waals surface area contributed by atoms with Gasteiger partial charge in [0.15, 0.2) is 0 Å². The number of halogens is 1. The third-order valence-corrected chi connectivity index (χ3v) is 1.90. The average Bonchev–Trinajstić information content (AvgIpc) is 2.75. The van der Waals surface area contributed by atoms with Crippen LogP contribution in [0, 0.1) is 6.07 Å². The van der Waals surface area contributed by atoms with Crippen molar-refractivity contribution in [3.05, 3.63) is 18.5 Å². The number of nitrogens with zero attached hydrogens (tertiary/aromatic N) is 3. The summed E-state index contributed by atoms with van der Waals surface area (Å²) in [6, 6.07) is 2.81. The maximum absolute atomic E-state index is 4.12. The smallest absolute Gasteiger partial charge is 0.219 e. The third kappa shape index (κ3) is 3.31. The van der Waals surface area contributed by atoms with Crippen LogP contribution in [0.15, 0.2) is 12.4 Å². The van der Waals surface area contributed by atoms with Gasteiger partial charge in [0.05, 0.1) is 0 Å². The van der Waals surface area contributed by atoms with E-state index in [1.807, 2.05) is 0 Å². The van der Waals surface area contributed by atoms with Crippen molar-refractivity contribution in [2.24, 2.45) is 0 Å². The van der Waals surface area contributed by atoms with Crippen molar-refractivity contribution in [3.8, 4) is 0 Å². The van der Waals surface area contributed by atoms with E-state index < -0.39 is 0 Å². The summed E-state index contributed by atoms with van der Waals surface area (Å²) < 4.78 is 0. The molecule has 5 heteroatoms. The Morgan fingerprint density at radius 1 is 1.23 bits per heavy atom. The van der Waals surface area contributed by atoms with Gasteiger partial charge in [0, 0.05) is 13.1 Å². The summed E-state index contributed by atoms with van der Waals surface area (Å²) in [6.45, 7) is 2.20. The van der Waals surface area contributed by atoms with Crippen LogP contribution in [-0.4, -0.2) is 23.1 Å². The molecule has 1 saturated heterocycles. The van der Waals surface area contributed by atoms with Gasteiger partial charge in [0.1, 0.15) is 0 Å². The molecule has 1 aromatic heterocycles. The fourth-order valence-electron chi connectivity index (χ4n) is 1.34. The van der Waals surface area contributed by atoms with Crippen molar-refractivity contribution >= 4 is 19.6 Å². The summed E-state index contributed by atoms with van der Waals surface area (Å²) in [4.78, 5) is 10.4. The molecule has 0 bridgehead atoms. The van der Waals surface area contributed by atoms with Crippen LogP contribution in [0.25, 0.3) is 0 Å². The SMILES string of the molecule is [Zn+][Br].[c-]1cnc(N2CCCC2)nc1. The zero-order valence-corrected chi connectivity index (χ0v) is 12.0. The van der Waals surface area contributed by atoms with E-state index in [4.69, 9.17) is 0 Å². The maximum Gasteiger partial charge on any atom is 0.219 e. The molecule has 0 radical (unpaired) electrons. The van der Waals surface area contributed by atoms with Crippen molar-refractivity contribution in [1.29, 1.82) is 0 Å². The van der Waals surface area contributed by atoms with Gasteiger partial charge in [0.25, 0.3) is 0 Å². The molecule has 0 unspecified atom stereocenters. The van der Waals surface area contributed by atoms with E-state index in [9.17, 15) is 0 Å². The second kappa shape index (κ2) is 6.44. The summed E-state index contributed by atoms with van der Waals surface area (Å²) in [5.41, 5.74) is 0. The minimum Gasteiger partial charge on any atom is -0.434 e. The minimum atomic E-state index is 0.848. The Balaban J connectivity index is 0.000000396. The Labute approximate surface area is 95.0 Å². The standard InChI is InChI=1S/C8H10N3.BrH.Zn/c1-2-7-11(6-1)8-9-4-3-5-10-8;;/h4-5H,1-2,6-7H2;1H;/q-1;;+2/p-1. The van der Waals surface area contributed by atoms with Crippen LogP contribution >= 0.6 is 13.6 Å². The van der Waals surface area contributed by atoms with Gasteiger partial charge >= 0.3 is 30.0 Å². The van der Waals surface area contributed by atoms with Crippen LogP contribution in [0.3, 0.4) is 0 Å². The second-order valence-corrected chi connectivity index (χ2v) is 2.68. The second-order valence-electron chi connectivity index (χ2n) is 2.68. The summed E-state index contributed by atoms with van der Waals surface area (Å²) in [6.07, 6.45) is 5.87. The molecule has 1 aliphatic heterocycles. The van der Waals surface area contributed by atoms with E-state index >= 15 is 0 Å². The van der Waals surface area contributed by atoms with Gasteiger partial charge in [-0.1, -0.05) is 0 Å². The van der Waals surface area contributed by atoms with Gasteiger partial charge in [-0.2, -0.15) is 0 Å². The molecular weight excluding hydrogens is 283 g/mol. The molecule has 1 fully saturated rings. The maximum atomic E-state index is 4.12. The molecular formula is C8H10BrN3Zn. The first-order chi connectivity index (χ1) is 6.47. The summed E-state index contributed by atoms with van der Waals surface area (Å²) in [7, 11) is 0. The number of hydrogen-bond donors (Lipinski definition) is 0. The molecule has 0 aliphatic carbocycles. The topological polar surface area (TPSA) is 29.0 Å². The van der Waals surface area contributed by atoms with E-state index in [0.717, 1.165) is 19.0 Å². The fraction of sp³-hybridized carbons (Fsp3) is 0.500. The Hall–Kier alpha value is -0.0166. The largest absolute Gasteiger partial charge is 0.434 e. The molecule has 0 atom stereocenters. The summed E-state index contributed by atoms with van der Waals surface area (Å²) in [5.74, 6) is 0.848. The monoisotopic (exact) mass is 291 g/mol. The molecule has 0 saturated carbocycles. The summed E-state index contributed by atoms with van der Waals surface area (Å²) in [5, 5.41) is 0. The molecule has 1 aromatic rings. The van der Waals surface area contributed by atoms with Gasteiger partial charge in [-0.3, -0.25) is 9.97 Å². The first-order valence-corrected chi connectivity index (χ1v) is 11.1. The van der Waals surface area contributed by atoms with Crippen molar-refractivity contribution in [3.63, 3.8) is 0 Å². The van der Waals surface area contributed by atoms with Crippen molar-refractivity contribution in [2.45, 2.75) is 12.8 Å². The fourth-order valence-corrected chi connectivity index (χ4v) is 1.34. The number of hydrogen-bond acceptors (Lipinski definition) is 3. The molecule has 13 heavy (non-hydrogen) atoms. The van der Waals surface area contributed by atoms with Crippen LogP contribution < -0.4 is 4.90 Å². The number of rotatable bonds is 1. The Morgan fingerprint density at radius 2 is 1.77 bits per heavy atom. The van der Waals surface area contributed by atoms with Gasteiger partial charge < -0.3 is 11.0 Å². The predicted molar refractivity (Wildman–Crippen MR) is 51.2 cm³/mol. The molecule has 2 rings (SSSR count). The quantitative estimate of drug-likeness (QED) is 0.583. The first-order valence-electron chi connectivity index (χ1n) is 4.16. The summed E-state index contributed by atoms with van der Waals surface area (Å²) >= 11 is 4.25. The minimum absolute atomic E-state index is 0.848. The Bertz CT molecular complexity index is 226. The normalized spacial score (nSPS) is 15.2. The van der Waals surface area contributed by atoms with Gasteiger partial charge in [-0.15, -0.1) is 12.4 Å². The molecule has 0 spiro atoms. The van der Waals surface area contributed by atoms with Gasteiger partial charge in [0.2, 0.25) is 5.95 Å². The average molecular weight is 293 g/mol.